The number of hydrogen-bond donors (Lipinski definition) is 1. The standard InChI is InChI=1S/C23H35ClN2O2/c1-2-3-12-25-13-4-5-16-28-19-21-10-14-26(15-11-21)23(18-27)17-20-6-8-22(24)9-7-20/h2,6-9,18,21,23,25H,1,3-5,10-17,19H2. The summed E-state index contributed by atoms with van der Waals surface area (Å²) < 4.78 is 5.89. The lowest BCUT2D eigenvalue weighted by atomic mass is 9.95. The molecule has 1 aromatic rings. The minimum atomic E-state index is -0.0448. The van der Waals surface area contributed by atoms with Gasteiger partial charge in [0, 0.05) is 18.2 Å². The number of aldehydes is 1. The van der Waals surface area contributed by atoms with Crippen LogP contribution in [0.5, 0.6) is 0 Å². The van der Waals surface area contributed by atoms with E-state index in [-0.39, 0.29) is 6.04 Å². The van der Waals surface area contributed by atoms with Gasteiger partial charge in [-0.25, -0.2) is 0 Å². The number of carbonyl (C=O) groups is 1. The minimum Gasteiger partial charge on any atom is -0.381 e. The van der Waals surface area contributed by atoms with Crippen LogP contribution in [0.3, 0.4) is 0 Å². The maximum atomic E-state index is 11.6. The molecule has 1 saturated heterocycles. The summed E-state index contributed by atoms with van der Waals surface area (Å²) in [6.07, 6.45) is 9.28. The second kappa shape index (κ2) is 13.9. The molecular formula is C23H35ClN2O2. The third-order valence-corrected chi connectivity index (χ3v) is 5.66. The molecule has 1 unspecified atom stereocenters. The summed E-state index contributed by atoms with van der Waals surface area (Å²) in [5.74, 6) is 0.616. The highest BCUT2D eigenvalue weighted by Gasteiger charge is 2.25. The van der Waals surface area contributed by atoms with Crippen molar-refractivity contribution in [3.8, 4) is 0 Å². The molecule has 156 valence electrons. The molecule has 5 heteroatoms. The van der Waals surface area contributed by atoms with E-state index in [1.807, 2.05) is 30.3 Å². The lowest BCUT2D eigenvalue weighted by Gasteiger charge is -2.35. The van der Waals surface area contributed by atoms with Crippen LogP contribution in [0.4, 0.5) is 0 Å². The first-order valence-electron chi connectivity index (χ1n) is 10.6. The zero-order valence-corrected chi connectivity index (χ0v) is 17.7. The lowest BCUT2D eigenvalue weighted by molar-refractivity contribution is -0.113. The van der Waals surface area contributed by atoms with E-state index >= 15 is 0 Å². The van der Waals surface area contributed by atoms with Gasteiger partial charge in [-0.05, 0) is 88.3 Å². The molecule has 1 aliphatic rings. The van der Waals surface area contributed by atoms with Gasteiger partial charge in [0.25, 0.3) is 0 Å². The number of carbonyl (C=O) groups excluding carboxylic acids is 1. The molecule has 1 heterocycles. The molecule has 1 atom stereocenters. The molecule has 0 radical (unpaired) electrons. The molecule has 4 nitrogen and oxygen atoms in total. The molecular weight excluding hydrogens is 372 g/mol. The first-order valence-corrected chi connectivity index (χ1v) is 10.9. The quantitative estimate of drug-likeness (QED) is 0.286. The van der Waals surface area contributed by atoms with Gasteiger partial charge in [0.1, 0.15) is 6.29 Å². The Morgan fingerprint density at radius 2 is 1.96 bits per heavy atom. The van der Waals surface area contributed by atoms with E-state index in [4.69, 9.17) is 16.3 Å². The smallest absolute Gasteiger partial charge is 0.137 e. The van der Waals surface area contributed by atoms with Crippen molar-refractivity contribution in [2.24, 2.45) is 5.92 Å². The van der Waals surface area contributed by atoms with E-state index < -0.39 is 0 Å². The fourth-order valence-corrected chi connectivity index (χ4v) is 3.74. The number of piperidine rings is 1. The number of hydrogen-bond acceptors (Lipinski definition) is 4. The molecule has 1 fully saturated rings. The largest absolute Gasteiger partial charge is 0.381 e. The fourth-order valence-electron chi connectivity index (χ4n) is 3.61. The van der Waals surface area contributed by atoms with E-state index in [2.05, 4.69) is 16.8 Å². The van der Waals surface area contributed by atoms with Crippen LogP contribution >= 0.6 is 11.6 Å². The summed E-state index contributed by atoms with van der Waals surface area (Å²) in [5.41, 5.74) is 1.16. The summed E-state index contributed by atoms with van der Waals surface area (Å²) in [4.78, 5) is 13.9. The van der Waals surface area contributed by atoms with Gasteiger partial charge in [-0.3, -0.25) is 4.90 Å². The third-order valence-electron chi connectivity index (χ3n) is 5.40. The van der Waals surface area contributed by atoms with E-state index in [1.165, 1.54) is 0 Å². The lowest BCUT2D eigenvalue weighted by Crippen LogP contribution is -2.44. The normalized spacial score (nSPS) is 16.8. The van der Waals surface area contributed by atoms with Crippen LogP contribution < -0.4 is 5.32 Å². The van der Waals surface area contributed by atoms with Gasteiger partial charge in [0.15, 0.2) is 0 Å². The zero-order chi connectivity index (χ0) is 20.0. The van der Waals surface area contributed by atoms with E-state index in [0.29, 0.717) is 5.92 Å². The molecule has 2 rings (SSSR count). The van der Waals surface area contributed by atoms with Gasteiger partial charge in [-0.15, -0.1) is 6.58 Å². The van der Waals surface area contributed by atoms with Crippen LogP contribution in [0.25, 0.3) is 0 Å². The van der Waals surface area contributed by atoms with Crippen LogP contribution in [-0.4, -0.2) is 56.6 Å². The number of ether oxygens (including phenoxy) is 1. The highest BCUT2D eigenvalue weighted by atomic mass is 35.5. The Kier molecular flexibility index (Phi) is 11.5. The first kappa shape index (κ1) is 23.1. The number of nitrogens with zero attached hydrogens (tertiary/aromatic N) is 1. The van der Waals surface area contributed by atoms with Crippen molar-refractivity contribution in [3.05, 3.63) is 47.5 Å². The predicted octanol–water partition coefficient (Wildman–Crippen LogP) is 4.12. The number of likely N-dealkylation sites (tertiary alicyclic amines) is 1. The van der Waals surface area contributed by atoms with Crippen molar-refractivity contribution in [2.75, 3.05) is 39.4 Å². The maximum absolute atomic E-state index is 11.6. The van der Waals surface area contributed by atoms with Crippen LogP contribution in [0.1, 0.15) is 37.7 Å². The van der Waals surface area contributed by atoms with Crippen LogP contribution in [0.15, 0.2) is 36.9 Å². The monoisotopic (exact) mass is 406 g/mol. The summed E-state index contributed by atoms with van der Waals surface area (Å²) in [6.45, 7) is 9.42. The van der Waals surface area contributed by atoms with Crippen LogP contribution in [-0.2, 0) is 16.0 Å². The highest BCUT2D eigenvalue weighted by Crippen LogP contribution is 2.21. The van der Waals surface area contributed by atoms with Gasteiger partial charge in [-0.2, -0.15) is 0 Å². The summed E-state index contributed by atoms with van der Waals surface area (Å²) in [5, 5.41) is 4.13. The van der Waals surface area contributed by atoms with Crippen molar-refractivity contribution < 1.29 is 9.53 Å². The molecule has 0 aromatic heterocycles. The van der Waals surface area contributed by atoms with Gasteiger partial charge in [0.2, 0.25) is 0 Å². The zero-order valence-electron chi connectivity index (χ0n) is 17.0. The predicted molar refractivity (Wildman–Crippen MR) is 117 cm³/mol. The second-order valence-electron chi connectivity index (χ2n) is 7.62. The summed E-state index contributed by atoms with van der Waals surface area (Å²) in [6, 6.07) is 7.75. The first-order chi connectivity index (χ1) is 13.7. The number of benzene rings is 1. The fraction of sp³-hybridized carbons (Fsp3) is 0.609. The minimum absolute atomic E-state index is 0.0448. The van der Waals surface area contributed by atoms with E-state index in [0.717, 1.165) is 94.8 Å². The highest BCUT2D eigenvalue weighted by molar-refractivity contribution is 6.30. The Hall–Kier alpha value is -1.20. The molecule has 0 aliphatic carbocycles. The molecule has 0 spiro atoms. The summed E-state index contributed by atoms with van der Waals surface area (Å²) >= 11 is 5.94. The molecule has 0 saturated carbocycles. The Morgan fingerprint density at radius 3 is 2.64 bits per heavy atom. The Morgan fingerprint density at radius 1 is 1.21 bits per heavy atom. The molecule has 28 heavy (non-hydrogen) atoms. The van der Waals surface area contributed by atoms with Crippen molar-refractivity contribution >= 4 is 17.9 Å². The Balaban J connectivity index is 1.56. The molecule has 1 N–H and O–H groups in total. The SMILES string of the molecule is C=CCCNCCCCOCC1CCN(C(C=O)Cc2ccc(Cl)cc2)CC1. The maximum Gasteiger partial charge on any atom is 0.137 e. The number of halogens is 1. The van der Waals surface area contributed by atoms with Crippen molar-refractivity contribution in [1.82, 2.24) is 10.2 Å². The molecule has 0 amide bonds. The van der Waals surface area contributed by atoms with Crippen molar-refractivity contribution in [3.63, 3.8) is 0 Å². The molecule has 0 bridgehead atoms. The van der Waals surface area contributed by atoms with Crippen molar-refractivity contribution in [2.45, 2.75) is 44.6 Å². The number of nitrogens with one attached hydrogen (secondary N) is 1. The van der Waals surface area contributed by atoms with Crippen LogP contribution in [0, 0.1) is 5.92 Å². The Labute approximate surface area is 175 Å². The topological polar surface area (TPSA) is 41.6 Å². The van der Waals surface area contributed by atoms with E-state index in [9.17, 15) is 4.79 Å². The number of unbranched alkanes of at least 4 members (excludes halogenated alkanes) is 1. The molecule has 1 aliphatic heterocycles. The Bertz CT molecular complexity index is 556. The average Bonchev–Trinajstić information content (AvgIpc) is 2.73. The van der Waals surface area contributed by atoms with Crippen molar-refractivity contribution in [1.29, 1.82) is 0 Å². The van der Waals surface area contributed by atoms with Gasteiger partial charge >= 0.3 is 0 Å². The van der Waals surface area contributed by atoms with Gasteiger partial charge in [0.05, 0.1) is 6.04 Å². The third kappa shape index (κ3) is 8.87. The summed E-state index contributed by atoms with van der Waals surface area (Å²) in [7, 11) is 0. The molecule has 1 aromatic carbocycles. The van der Waals surface area contributed by atoms with Crippen LogP contribution in [0.2, 0.25) is 5.02 Å². The van der Waals surface area contributed by atoms with Gasteiger partial charge in [-0.1, -0.05) is 29.8 Å². The van der Waals surface area contributed by atoms with E-state index in [1.54, 1.807) is 0 Å². The number of rotatable bonds is 14. The average molecular weight is 407 g/mol. The van der Waals surface area contributed by atoms with Gasteiger partial charge < -0.3 is 14.8 Å². The second-order valence-corrected chi connectivity index (χ2v) is 8.06.